The van der Waals surface area contributed by atoms with Crippen molar-refractivity contribution in [3.63, 3.8) is 0 Å². The van der Waals surface area contributed by atoms with Crippen molar-refractivity contribution in [3.8, 4) is 5.75 Å². The highest BCUT2D eigenvalue weighted by molar-refractivity contribution is 7.07. The molecule has 0 saturated heterocycles. The number of fused-ring (bicyclic) bond motifs is 1. The smallest absolute Gasteiger partial charge is 0.338 e. The zero-order valence-electron chi connectivity index (χ0n) is 18.2. The van der Waals surface area contributed by atoms with Gasteiger partial charge in [-0.2, -0.15) is 0 Å². The molecule has 0 N–H and O–H groups in total. The van der Waals surface area contributed by atoms with Crippen molar-refractivity contribution in [2.45, 2.75) is 32.9 Å². The molecule has 2 aromatic heterocycles. The first-order valence-electron chi connectivity index (χ1n) is 10.2. The monoisotopic (exact) mass is 449 g/mol. The van der Waals surface area contributed by atoms with Crippen molar-refractivity contribution < 1.29 is 14.3 Å². The number of carbonyl (C=O) groups is 1. The molecule has 0 saturated carbocycles. The number of benzene rings is 1. The molecule has 0 fully saturated rings. The van der Waals surface area contributed by atoms with Crippen molar-refractivity contribution in [1.82, 2.24) is 9.55 Å². The Morgan fingerprint density at radius 3 is 2.59 bits per heavy atom. The van der Waals surface area contributed by atoms with Gasteiger partial charge in [0.1, 0.15) is 5.75 Å². The predicted octanol–water partition coefficient (Wildman–Crippen LogP) is 2.59. The number of methoxy groups -OCH3 is 1. The predicted molar refractivity (Wildman–Crippen MR) is 122 cm³/mol. The highest BCUT2D eigenvalue weighted by atomic mass is 32.1. The van der Waals surface area contributed by atoms with Crippen LogP contribution in [0.1, 0.15) is 37.9 Å². The van der Waals surface area contributed by atoms with E-state index in [0.29, 0.717) is 26.4 Å². The Kier molecular flexibility index (Phi) is 6.05. The van der Waals surface area contributed by atoms with Crippen molar-refractivity contribution >= 4 is 23.4 Å². The molecule has 0 bridgehead atoms. The maximum absolute atomic E-state index is 13.5. The minimum Gasteiger partial charge on any atom is -0.497 e. The first-order chi connectivity index (χ1) is 15.4. The lowest BCUT2D eigenvalue weighted by Crippen LogP contribution is -2.40. The molecule has 1 aliphatic heterocycles. The third-order valence-corrected chi connectivity index (χ3v) is 5.98. The van der Waals surface area contributed by atoms with E-state index < -0.39 is 12.0 Å². The summed E-state index contributed by atoms with van der Waals surface area (Å²) >= 11 is 1.28. The Labute approximate surface area is 189 Å². The molecule has 4 rings (SSSR count). The van der Waals surface area contributed by atoms with Gasteiger partial charge in [-0.05, 0) is 56.2 Å². The van der Waals surface area contributed by atoms with Crippen molar-refractivity contribution in [2.24, 2.45) is 4.99 Å². The average molecular weight is 450 g/mol. The van der Waals surface area contributed by atoms with Crippen molar-refractivity contribution in [2.75, 3.05) is 7.11 Å². The first-order valence-corrected chi connectivity index (χ1v) is 11.0. The Morgan fingerprint density at radius 1 is 1.22 bits per heavy atom. The number of ether oxygens (including phenoxy) is 2. The van der Waals surface area contributed by atoms with Crippen LogP contribution in [0.25, 0.3) is 6.08 Å². The van der Waals surface area contributed by atoms with E-state index in [2.05, 4.69) is 9.98 Å². The minimum atomic E-state index is -0.653. The second-order valence-electron chi connectivity index (χ2n) is 7.60. The van der Waals surface area contributed by atoms with Gasteiger partial charge in [0.05, 0.1) is 35.1 Å². The standard InChI is InChI=1S/C24H23N3O4S/c1-14(2)31-23(29)20-15(3)26-24-27(21(20)17-7-9-18(30-4)10-8-17)22(28)19(32-24)12-16-6-5-11-25-13-16/h5-14,21H,1-4H3/b19-12+/t21-/m1/s1. The number of esters is 1. The molecule has 164 valence electrons. The maximum Gasteiger partial charge on any atom is 0.338 e. The molecule has 1 aromatic carbocycles. The van der Waals surface area contributed by atoms with E-state index in [1.165, 1.54) is 11.3 Å². The fourth-order valence-electron chi connectivity index (χ4n) is 3.57. The largest absolute Gasteiger partial charge is 0.497 e. The summed E-state index contributed by atoms with van der Waals surface area (Å²) in [7, 11) is 1.59. The lowest BCUT2D eigenvalue weighted by molar-refractivity contribution is -0.143. The summed E-state index contributed by atoms with van der Waals surface area (Å²) in [5.41, 5.74) is 2.24. The lowest BCUT2D eigenvalue weighted by Gasteiger charge is -2.25. The third kappa shape index (κ3) is 4.13. The van der Waals surface area contributed by atoms with E-state index in [0.717, 1.165) is 11.1 Å². The van der Waals surface area contributed by atoms with Crippen LogP contribution in [0.3, 0.4) is 0 Å². The quantitative estimate of drug-likeness (QED) is 0.559. The summed E-state index contributed by atoms with van der Waals surface area (Å²) in [4.78, 5) is 35.8. The fourth-order valence-corrected chi connectivity index (χ4v) is 4.62. The Bertz CT molecular complexity index is 1350. The van der Waals surface area contributed by atoms with E-state index in [-0.39, 0.29) is 11.7 Å². The number of hydrogen-bond acceptors (Lipinski definition) is 7. The summed E-state index contributed by atoms with van der Waals surface area (Å²) in [6, 6.07) is 10.4. The number of thiazole rings is 1. The molecular weight excluding hydrogens is 426 g/mol. The van der Waals surface area contributed by atoms with E-state index in [4.69, 9.17) is 9.47 Å². The van der Waals surface area contributed by atoms with Crippen LogP contribution in [0.2, 0.25) is 0 Å². The molecule has 0 aliphatic carbocycles. The topological polar surface area (TPSA) is 82.8 Å². The molecule has 3 aromatic rings. The van der Waals surface area contributed by atoms with Gasteiger partial charge < -0.3 is 9.47 Å². The number of aromatic nitrogens is 2. The summed E-state index contributed by atoms with van der Waals surface area (Å²) in [5, 5.41) is 0. The SMILES string of the molecule is COc1ccc([C@@H]2C(C(=O)OC(C)C)=C(C)N=c3s/c(=C/c4cccnc4)c(=O)n32)cc1. The summed E-state index contributed by atoms with van der Waals surface area (Å²) in [5.74, 6) is 0.202. The van der Waals surface area contributed by atoms with Gasteiger partial charge in [-0.3, -0.25) is 14.3 Å². The van der Waals surface area contributed by atoms with Crippen LogP contribution < -0.4 is 19.6 Å². The van der Waals surface area contributed by atoms with Crippen molar-refractivity contribution in [3.05, 3.63) is 90.9 Å². The molecule has 32 heavy (non-hydrogen) atoms. The normalized spacial score (nSPS) is 16.0. The van der Waals surface area contributed by atoms with E-state index in [9.17, 15) is 9.59 Å². The van der Waals surface area contributed by atoms with Gasteiger partial charge in [0.25, 0.3) is 5.56 Å². The number of carbonyl (C=O) groups excluding carboxylic acids is 1. The van der Waals surface area contributed by atoms with Crippen LogP contribution in [0, 0.1) is 0 Å². The van der Waals surface area contributed by atoms with Gasteiger partial charge in [0.15, 0.2) is 4.80 Å². The second kappa shape index (κ2) is 8.92. The Morgan fingerprint density at radius 2 is 1.97 bits per heavy atom. The van der Waals surface area contributed by atoms with E-state index >= 15 is 0 Å². The number of hydrogen-bond donors (Lipinski definition) is 0. The lowest BCUT2D eigenvalue weighted by atomic mass is 9.96. The summed E-state index contributed by atoms with van der Waals surface area (Å²) in [6.07, 6.45) is 4.86. The van der Waals surface area contributed by atoms with Gasteiger partial charge in [0.2, 0.25) is 0 Å². The van der Waals surface area contributed by atoms with E-state index in [1.54, 1.807) is 50.9 Å². The summed E-state index contributed by atoms with van der Waals surface area (Å²) in [6.45, 7) is 5.35. The molecule has 0 radical (unpaired) electrons. The van der Waals surface area contributed by atoms with Gasteiger partial charge in [0, 0.05) is 12.4 Å². The van der Waals surface area contributed by atoms with Crippen LogP contribution in [-0.4, -0.2) is 28.7 Å². The van der Waals surface area contributed by atoms with E-state index in [1.807, 2.05) is 36.4 Å². The molecule has 3 heterocycles. The first kappa shape index (κ1) is 21.7. The zero-order chi connectivity index (χ0) is 22.8. The molecule has 0 amide bonds. The molecule has 1 aliphatic rings. The number of allylic oxidation sites excluding steroid dienone is 1. The van der Waals surface area contributed by atoms with Gasteiger partial charge in [-0.1, -0.05) is 29.5 Å². The van der Waals surface area contributed by atoms with Crippen LogP contribution in [0.5, 0.6) is 5.75 Å². The molecule has 1 atom stereocenters. The van der Waals surface area contributed by atoms with Gasteiger partial charge in [-0.15, -0.1) is 0 Å². The maximum atomic E-state index is 13.5. The van der Waals surface area contributed by atoms with Gasteiger partial charge in [-0.25, -0.2) is 9.79 Å². The molecule has 7 nitrogen and oxygen atoms in total. The Balaban J connectivity index is 1.94. The average Bonchev–Trinajstić information content (AvgIpc) is 3.07. The molecular formula is C24H23N3O4S. The molecule has 8 heteroatoms. The van der Waals surface area contributed by atoms with Crippen LogP contribution in [0.4, 0.5) is 0 Å². The second-order valence-corrected chi connectivity index (χ2v) is 8.60. The molecule has 0 unspecified atom stereocenters. The van der Waals surface area contributed by atoms with Gasteiger partial charge >= 0.3 is 5.97 Å². The number of pyridine rings is 1. The molecule has 0 spiro atoms. The highest BCUT2D eigenvalue weighted by Gasteiger charge is 2.33. The number of rotatable bonds is 5. The minimum absolute atomic E-state index is 0.222. The van der Waals surface area contributed by atoms with Crippen LogP contribution in [0.15, 0.2) is 69.8 Å². The van der Waals surface area contributed by atoms with Crippen LogP contribution >= 0.6 is 11.3 Å². The highest BCUT2D eigenvalue weighted by Crippen LogP contribution is 2.31. The zero-order valence-corrected chi connectivity index (χ0v) is 19.1. The summed E-state index contributed by atoms with van der Waals surface area (Å²) < 4.78 is 12.9. The Hall–Kier alpha value is -3.52. The third-order valence-electron chi connectivity index (χ3n) is 5.00. The van der Waals surface area contributed by atoms with Crippen LogP contribution in [-0.2, 0) is 9.53 Å². The van der Waals surface area contributed by atoms with Crippen molar-refractivity contribution in [1.29, 1.82) is 0 Å². The number of nitrogens with zero attached hydrogens (tertiary/aromatic N) is 3. The fraction of sp³-hybridized carbons (Fsp3) is 0.250.